The molecule has 2 nitrogen and oxygen atoms in total. The molecule has 0 spiro atoms. The van der Waals surface area contributed by atoms with Crippen LogP contribution in [0, 0.1) is 0 Å². The molecule has 0 aromatic carbocycles. The topological polar surface area (TPSA) is 29.1 Å². The van der Waals surface area contributed by atoms with Gasteiger partial charge in [0.25, 0.3) is 0 Å². The monoisotopic (exact) mass is 193 g/mol. The van der Waals surface area contributed by atoms with Crippen LogP contribution in [0.4, 0.5) is 0 Å². The molecule has 0 aliphatic rings. The third kappa shape index (κ3) is 25.7. The number of rotatable bonds is 3. The second-order valence-corrected chi connectivity index (χ2v) is 2.49. The maximum absolute atomic E-state index is 10.1. The number of nitrogens with one attached hydrogen (secondary N) is 1. The highest BCUT2D eigenvalue weighted by Gasteiger charge is 1.83. The summed E-state index contributed by atoms with van der Waals surface area (Å²) in [5, 5.41) is 2.58. The van der Waals surface area contributed by atoms with Gasteiger partial charge in [-0.05, 0) is 0 Å². The number of hydrogen-bond donors (Lipinski definition) is 3. The Hall–Kier alpha value is -0.0900. The van der Waals surface area contributed by atoms with Gasteiger partial charge < -0.3 is 5.32 Å². The summed E-state index contributed by atoms with van der Waals surface area (Å²) in [6.45, 7) is 5.56. The summed E-state index contributed by atoms with van der Waals surface area (Å²) in [6, 6.07) is 0. The number of amides is 1. The highest BCUT2D eigenvalue weighted by molar-refractivity contribution is 7.80. The molecule has 0 bridgehead atoms. The predicted molar refractivity (Wildman–Crippen MR) is 56.6 cm³/mol. The molecule has 1 N–H and O–H groups in total. The van der Waals surface area contributed by atoms with E-state index in [2.05, 4.69) is 37.2 Å². The Morgan fingerprint density at radius 3 is 2.18 bits per heavy atom. The predicted octanol–water partition coefficient (Wildman–Crippen LogP) is 1.15. The second-order valence-electron chi connectivity index (χ2n) is 1.68. The lowest BCUT2D eigenvalue weighted by Gasteiger charge is -1.93. The van der Waals surface area contributed by atoms with Crippen molar-refractivity contribution in [3.63, 3.8) is 0 Å². The molecule has 0 rings (SSSR count). The zero-order valence-corrected chi connectivity index (χ0v) is 8.50. The van der Waals surface area contributed by atoms with E-state index in [0.717, 1.165) is 5.75 Å². The Morgan fingerprint density at radius 1 is 1.64 bits per heavy atom. The van der Waals surface area contributed by atoms with Crippen LogP contribution in [0.3, 0.4) is 0 Å². The average molecular weight is 193 g/mol. The van der Waals surface area contributed by atoms with E-state index in [-0.39, 0.29) is 5.91 Å². The molecule has 0 saturated heterocycles. The van der Waals surface area contributed by atoms with Crippen molar-refractivity contribution in [3.8, 4) is 0 Å². The van der Waals surface area contributed by atoms with E-state index in [1.165, 1.54) is 6.92 Å². The quantitative estimate of drug-likeness (QED) is 0.455. The van der Waals surface area contributed by atoms with Gasteiger partial charge in [-0.3, -0.25) is 4.79 Å². The summed E-state index contributed by atoms with van der Waals surface area (Å²) in [7, 11) is 0. The van der Waals surface area contributed by atoms with Crippen LogP contribution in [0.15, 0.2) is 12.7 Å². The van der Waals surface area contributed by atoms with Crippen LogP contribution >= 0.6 is 25.3 Å². The summed E-state index contributed by atoms with van der Waals surface area (Å²) in [5.74, 6) is 1.49. The van der Waals surface area contributed by atoms with Gasteiger partial charge in [-0.25, -0.2) is 0 Å². The molecule has 0 aliphatic carbocycles. The van der Waals surface area contributed by atoms with E-state index in [1.807, 2.05) is 0 Å². The largest absolute Gasteiger partial charge is 0.356 e. The number of carbonyl (C=O) groups excluding carboxylic acids is 1. The van der Waals surface area contributed by atoms with E-state index in [0.29, 0.717) is 12.3 Å². The van der Waals surface area contributed by atoms with Crippen molar-refractivity contribution in [2.45, 2.75) is 6.92 Å². The first-order chi connectivity index (χ1) is 5.18. The minimum atomic E-state index is 0.00838. The van der Waals surface area contributed by atoms with Crippen molar-refractivity contribution in [1.29, 1.82) is 0 Å². The van der Waals surface area contributed by atoms with Gasteiger partial charge in [-0.15, -0.1) is 6.58 Å². The van der Waals surface area contributed by atoms with Crippen molar-refractivity contribution in [1.82, 2.24) is 5.32 Å². The first-order valence-electron chi connectivity index (χ1n) is 3.26. The van der Waals surface area contributed by atoms with E-state index < -0.39 is 0 Å². The highest BCUT2D eigenvalue weighted by atomic mass is 32.1. The zero-order chi connectivity index (χ0) is 9.11. The number of carbonyl (C=O) groups is 1. The third-order valence-corrected chi connectivity index (χ3v) is 1.10. The van der Waals surface area contributed by atoms with Crippen molar-refractivity contribution in [3.05, 3.63) is 12.7 Å². The zero-order valence-electron chi connectivity index (χ0n) is 6.71. The molecular weight excluding hydrogens is 178 g/mol. The molecular formula is C7H15NOS2. The molecule has 66 valence electrons. The maximum atomic E-state index is 10.1. The van der Waals surface area contributed by atoms with Crippen molar-refractivity contribution in [2.75, 3.05) is 18.1 Å². The van der Waals surface area contributed by atoms with Crippen molar-refractivity contribution < 1.29 is 4.79 Å². The minimum Gasteiger partial charge on any atom is -0.356 e. The maximum Gasteiger partial charge on any atom is 0.216 e. The summed E-state index contributed by atoms with van der Waals surface area (Å²) < 4.78 is 0. The molecule has 0 atom stereocenters. The van der Waals surface area contributed by atoms with Crippen LogP contribution in [0.25, 0.3) is 0 Å². The summed E-state index contributed by atoms with van der Waals surface area (Å²) in [5.41, 5.74) is 0. The molecule has 0 saturated carbocycles. The van der Waals surface area contributed by atoms with E-state index in [4.69, 9.17) is 0 Å². The molecule has 0 aromatic heterocycles. The smallest absolute Gasteiger partial charge is 0.216 e. The molecule has 0 aliphatic heterocycles. The third-order valence-electron chi connectivity index (χ3n) is 0.615. The Morgan fingerprint density at radius 2 is 2.09 bits per heavy atom. The molecule has 0 fully saturated rings. The molecule has 11 heavy (non-hydrogen) atoms. The fourth-order valence-corrected chi connectivity index (χ4v) is 0.344. The van der Waals surface area contributed by atoms with Gasteiger partial charge in [-0.2, -0.15) is 25.3 Å². The van der Waals surface area contributed by atoms with Crippen LogP contribution in [0.5, 0.6) is 0 Å². The second kappa shape index (κ2) is 12.6. The highest BCUT2D eigenvalue weighted by Crippen LogP contribution is 1.67. The fourth-order valence-electron chi connectivity index (χ4n) is 0.232. The average Bonchev–Trinajstić information content (AvgIpc) is 2.01. The van der Waals surface area contributed by atoms with Crippen LogP contribution in [-0.2, 0) is 4.79 Å². The SMILES string of the molecule is C=CCS.CC(=O)NCCS. The van der Waals surface area contributed by atoms with Gasteiger partial charge in [0.2, 0.25) is 5.91 Å². The Bertz CT molecular complexity index is 107. The van der Waals surface area contributed by atoms with Crippen molar-refractivity contribution in [2.24, 2.45) is 0 Å². The first kappa shape index (κ1) is 13.5. The standard InChI is InChI=1S/C4H9NOS.C3H6S/c1-4(6)5-2-3-7;1-2-3-4/h7H,2-3H2,1H3,(H,5,6);2,4H,1,3H2. The summed E-state index contributed by atoms with van der Waals surface area (Å²) >= 11 is 7.68. The number of hydrogen-bond acceptors (Lipinski definition) is 3. The molecule has 0 heterocycles. The number of thiol groups is 2. The van der Waals surface area contributed by atoms with E-state index in [1.54, 1.807) is 6.08 Å². The van der Waals surface area contributed by atoms with Gasteiger partial charge >= 0.3 is 0 Å². The summed E-state index contributed by atoms with van der Waals surface area (Å²) in [6.07, 6.45) is 1.74. The molecule has 0 aromatic rings. The van der Waals surface area contributed by atoms with Gasteiger partial charge in [0.15, 0.2) is 0 Å². The van der Waals surface area contributed by atoms with Crippen LogP contribution in [0.2, 0.25) is 0 Å². The molecule has 1 amide bonds. The Kier molecular flexibility index (Phi) is 15.4. The van der Waals surface area contributed by atoms with E-state index >= 15 is 0 Å². The lowest BCUT2D eigenvalue weighted by atomic mass is 10.6. The van der Waals surface area contributed by atoms with Gasteiger partial charge in [0.1, 0.15) is 0 Å². The normalized spacial score (nSPS) is 7.55. The van der Waals surface area contributed by atoms with Gasteiger partial charge in [-0.1, -0.05) is 6.08 Å². The first-order valence-corrected chi connectivity index (χ1v) is 4.52. The van der Waals surface area contributed by atoms with Crippen LogP contribution in [0.1, 0.15) is 6.92 Å². The summed E-state index contributed by atoms with van der Waals surface area (Å²) in [4.78, 5) is 10.1. The lowest BCUT2D eigenvalue weighted by molar-refractivity contribution is -0.118. The van der Waals surface area contributed by atoms with Crippen LogP contribution < -0.4 is 5.32 Å². The minimum absolute atomic E-state index is 0.00838. The Balaban J connectivity index is 0. The van der Waals surface area contributed by atoms with Gasteiger partial charge in [0, 0.05) is 25.0 Å². The van der Waals surface area contributed by atoms with E-state index in [9.17, 15) is 4.79 Å². The molecule has 4 heteroatoms. The van der Waals surface area contributed by atoms with Crippen LogP contribution in [-0.4, -0.2) is 24.0 Å². The fraction of sp³-hybridized carbons (Fsp3) is 0.571. The molecule has 0 unspecified atom stereocenters. The lowest BCUT2D eigenvalue weighted by Crippen LogP contribution is -2.21. The van der Waals surface area contributed by atoms with Gasteiger partial charge in [0.05, 0.1) is 0 Å². The molecule has 0 radical (unpaired) electrons. The Labute approximate surface area is 79.3 Å². The van der Waals surface area contributed by atoms with Crippen molar-refractivity contribution >= 4 is 31.2 Å².